The van der Waals surface area contributed by atoms with Crippen LogP contribution in [0.25, 0.3) is 0 Å². The number of carbonyl (C=O) groups excluding carboxylic acids is 1. The number of rotatable bonds is 5. The van der Waals surface area contributed by atoms with Crippen LogP contribution < -0.4 is 10.5 Å². The molecular weight excluding hydrogens is 258 g/mol. The molecule has 1 aromatic heterocycles. The van der Waals surface area contributed by atoms with Crippen molar-refractivity contribution >= 4 is 11.7 Å². The molecule has 1 aromatic rings. The van der Waals surface area contributed by atoms with Crippen LogP contribution in [0.4, 0.5) is 5.69 Å². The third-order valence-corrected chi connectivity index (χ3v) is 3.69. The minimum Gasteiger partial charge on any atom is -0.478 e. The first-order valence-corrected chi connectivity index (χ1v) is 6.78. The zero-order valence-electron chi connectivity index (χ0n) is 12.0. The smallest absolute Gasteiger partial charge is 0.340 e. The fourth-order valence-electron chi connectivity index (χ4n) is 2.46. The summed E-state index contributed by atoms with van der Waals surface area (Å²) in [6.45, 7) is 1.73. The molecule has 2 rings (SSSR count). The van der Waals surface area contributed by atoms with Gasteiger partial charge in [0.05, 0.1) is 31.2 Å². The lowest BCUT2D eigenvalue weighted by Gasteiger charge is -2.19. The second kappa shape index (κ2) is 6.56. The summed E-state index contributed by atoms with van der Waals surface area (Å²) in [7, 11) is 3.45. The van der Waals surface area contributed by atoms with Gasteiger partial charge in [0.1, 0.15) is 0 Å². The van der Waals surface area contributed by atoms with Crippen molar-refractivity contribution in [2.24, 2.45) is 0 Å². The van der Waals surface area contributed by atoms with Gasteiger partial charge in [0.15, 0.2) is 0 Å². The van der Waals surface area contributed by atoms with Gasteiger partial charge in [-0.1, -0.05) is 0 Å². The van der Waals surface area contributed by atoms with Crippen LogP contribution in [0, 0.1) is 0 Å². The van der Waals surface area contributed by atoms with E-state index in [1.54, 1.807) is 0 Å². The lowest BCUT2D eigenvalue weighted by atomic mass is 10.1. The Bertz CT molecular complexity index is 479. The second-order valence-corrected chi connectivity index (χ2v) is 5.02. The molecule has 0 radical (unpaired) electrons. The Hall–Kier alpha value is -1.82. The van der Waals surface area contributed by atoms with Crippen LogP contribution in [-0.4, -0.2) is 49.2 Å². The van der Waals surface area contributed by atoms with Gasteiger partial charge >= 0.3 is 5.97 Å². The maximum atomic E-state index is 11.5. The zero-order chi connectivity index (χ0) is 14.5. The van der Waals surface area contributed by atoms with Gasteiger partial charge in [-0.3, -0.25) is 0 Å². The summed E-state index contributed by atoms with van der Waals surface area (Å²) >= 11 is 0. The van der Waals surface area contributed by atoms with E-state index < -0.39 is 5.97 Å². The molecule has 1 fully saturated rings. The molecule has 0 aliphatic carbocycles. The van der Waals surface area contributed by atoms with E-state index >= 15 is 0 Å². The van der Waals surface area contributed by atoms with Crippen LogP contribution in [0.3, 0.4) is 0 Å². The van der Waals surface area contributed by atoms with E-state index in [2.05, 4.69) is 21.7 Å². The molecule has 6 heteroatoms. The fraction of sp³-hybridized carbons (Fsp3) is 0.571. The Morgan fingerprint density at radius 3 is 3.05 bits per heavy atom. The summed E-state index contributed by atoms with van der Waals surface area (Å²) in [4.78, 5) is 17.9. The molecule has 0 bridgehead atoms. The van der Waals surface area contributed by atoms with Crippen molar-refractivity contribution in [3.8, 4) is 5.88 Å². The number of esters is 1. The number of carbonyl (C=O) groups is 1. The van der Waals surface area contributed by atoms with E-state index in [1.807, 2.05) is 0 Å². The SMILES string of the molecule is COC(=O)c1cc(OCCC2CCCN2C)ncc1N. The van der Waals surface area contributed by atoms with Gasteiger partial charge in [0.25, 0.3) is 0 Å². The first-order valence-electron chi connectivity index (χ1n) is 6.78. The summed E-state index contributed by atoms with van der Waals surface area (Å²) in [5, 5.41) is 0. The van der Waals surface area contributed by atoms with Crippen LogP contribution >= 0.6 is 0 Å². The molecule has 1 aliphatic heterocycles. The number of nitrogens with zero attached hydrogens (tertiary/aromatic N) is 2. The largest absolute Gasteiger partial charge is 0.478 e. The Kier molecular flexibility index (Phi) is 4.79. The predicted molar refractivity (Wildman–Crippen MR) is 75.8 cm³/mol. The minimum atomic E-state index is -0.481. The molecule has 2 heterocycles. The monoisotopic (exact) mass is 279 g/mol. The number of aromatic nitrogens is 1. The number of likely N-dealkylation sites (tertiary alicyclic amines) is 1. The van der Waals surface area contributed by atoms with Gasteiger partial charge in [0.2, 0.25) is 5.88 Å². The average Bonchev–Trinajstić information content (AvgIpc) is 2.85. The van der Waals surface area contributed by atoms with E-state index in [9.17, 15) is 4.79 Å². The molecule has 110 valence electrons. The van der Waals surface area contributed by atoms with E-state index in [4.69, 9.17) is 10.5 Å². The maximum absolute atomic E-state index is 11.5. The highest BCUT2D eigenvalue weighted by molar-refractivity contribution is 5.95. The fourth-order valence-corrected chi connectivity index (χ4v) is 2.46. The van der Waals surface area contributed by atoms with Crippen molar-refractivity contribution in [1.29, 1.82) is 0 Å². The summed E-state index contributed by atoms with van der Waals surface area (Å²) in [6.07, 6.45) is 4.83. The van der Waals surface area contributed by atoms with E-state index in [0.29, 0.717) is 24.2 Å². The Labute approximate surface area is 118 Å². The molecule has 0 saturated carbocycles. The molecule has 0 aromatic carbocycles. The summed E-state index contributed by atoms with van der Waals surface area (Å²) in [6, 6.07) is 2.10. The zero-order valence-corrected chi connectivity index (χ0v) is 12.0. The van der Waals surface area contributed by atoms with Gasteiger partial charge in [-0.25, -0.2) is 9.78 Å². The number of ether oxygens (including phenoxy) is 2. The topological polar surface area (TPSA) is 77.7 Å². The summed E-state index contributed by atoms with van der Waals surface area (Å²) in [5.74, 6) is -0.0782. The number of methoxy groups -OCH3 is 1. The highest BCUT2D eigenvalue weighted by Crippen LogP contribution is 2.20. The van der Waals surface area contributed by atoms with E-state index in [-0.39, 0.29) is 5.56 Å². The number of hydrogen-bond donors (Lipinski definition) is 1. The van der Waals surface area contributed by atoms with Gasteiger partial charge in [0, 0.05) is 12.1 Å². The van der Waals surface area contributed by atoms with Gasteiger partial charge < -0.3 is 20.1 Å². The molecule has 1 unspecified atom stereocenters. The summed E-state index contributed by atoms with van der Waals surface area (Å²) < 4.78 is 10.3. The number of pyridine rings is 1. The number of hydrogen-bond acceptors (Lipinski definition) is 6. The molecule has 20 heavy (non-hydrogen) atoms. The third-order valence-electron chi connectivity index (χ3n) is 3.69. The van der Waals surface area contributed by atoms with Crippen LogP contribution in [-0.2, 0) is 4.74 Å². The standard InChI is InChI=1S/C14H21N3O3/c1-17-6-3-4-10(17)5-7-20-13-8-11(14(18)19-2)12(15)9-16-13/h8-10H,3-7,15H2,1-2H3. The van der Waals surface area contributed by atoms with Crippen LogP contribution in [0.5, 0.6) is 5.88 Å². The molecule has 0 amide bonds. The number of anilines is 1. The molecule has 2 N–H and O–H groups in total. The molecule has 1 saturated heterocycles. The Morgan fingerprint density at radius 2 is 2.40 bits per heavy atom. The first kappa shape index (κ1) is 14.6. The van der Waals surface area contributed by atoms with Crippen LogP contribution in [0.15, 0.2) is 12.3 Å². The maximum Gasteiger partial charge on any atom is 0.340 e. The van der Waals surface area contributed by atoms with Crippen molar-refractivity contribution in [3.05, 3.63) is 17.8 Å². The third kappa shape index (κ3) is 3.39. The molecule has 0 spiro atoms. The van der Waals surface area contributed by atoms with Gasteiger partial charge in [-0.2, -0.15) is 0 Å². The second-order valence-electron chi connectivity index (χ2n) is 5.02. The van der Waals surface area contributed by atoms with Crippen molar-refractivity contribution in [3.63, 3.8) is 0 Å². The highest BCUT2D eigenvalue weighted by Gasteiger charge is 2.20. The van der Waals surface area contributed by atoms with Gasteiger partial charge in [-0.05, 0) is 32.9 Å². The Morgan fingerprint density at radius 1 is 1.60 bits per heavy atom. The highest BCUT2D eigenvalue weighted by atomic mass is 16.5. The normalized spacial score (nSPS) is 19.0. The van der Waals surface area contributed by atoms with E-state index in [0.717, 1.165) is 13.0 Å². The van der Waals surface area contributed by atoms with E-state index in [1.165, 1.54) is 32.2 Å². The molecule has 1 atom stereocenters. The Balaban J connectivity index is 1.91. The number of nitrogen functional groups attached to an aromatic ring is 1. The lowest BCUT2D eigenvalue weighted by molar-refractivity contribution is 0.0601. The minimum absolute atomic E-state index is 0.287. The van der Waals surface area contributed by atoms with Crippen molar-refractivity contribution in [2.75, 3.05) is 33.0 Å². The van der Waals surface area contributed by atoms with Crippen molar-refractivity contribution in [2.45, 2.75) is 25.3 Å². The van der Waals surface area contributed by atoms with Crippen LogP contribution in [0.2, 0.25) is 0 Å². The summed E-state index contributed by atoms with van der Waals surface area (Å²) in [5.41, 5.74) is 6.27. The molecule has 6 nitrogen and oxygen atoms in total. The van der Waals surface area contributed by atoms with Crippen molar-refractivity contribution in [1.82, 2.24) is 9.88 Å². The lowest BCUT2D eigenvalue weighted by Crippen LogP contribution is -2.26. The molecular formula is C14H21N3O3. The van der Waals surface area contributed by atoms with Crippen LogP contribution in [0.1, 0.15) is 29.6 Å². The van der Waals surface area contributed by atoms with Crippen molar-refractivity contribution < 1.29 is 14.3 Å². The number of nitrogens with two attached hydrogens (primary N) is 1. The molecule has 1 aliphatic rings. The quantitative estimate of drug-likeness (QED) is 0.819. The first-order chi connectivity index (χ1) is 9.61. The van der Waals surface area contributed by atoms with Gasteiger partial charge in [-0.15, -0.1) is 0 Å². The average molecular weight is 279 g/mol. The predicted octanol–water partition coefficient (Wildman–Crippen LogP) is 1.31.